The van der Waals surface area contributed by atoms with Gasteiger partial charge in [0.15, 0.2) is 0 Å². The van der Waals surface area contributed by atoms with Crippen molar-refractivity contribution in [2.24, 2.45) is 0 Å². The van der Waals surface area contributed by atoms with E-state index < -0.39 is 0 Å². The number of aromatic nitrogens is 2. The van der Waals surface area contributed by atoms with E-state index >= 15 is 0 Å². The van der Waals surface area contributed by atoms with E-state index in [1.807, 2.05) is 0 Å². The molecule has 0 fully saturated rings. The molecule has 0 radical (unpaired) electrons. The van der Waals surface area contributed by atoms with Gasteiger partial charge in [0.25, 0.3) is 0 Å². The van der Waals surface area contributed by atoms with Crippen LogP contribution in [0.4, 0.5) is 0 Å². The highest BCUT2D eigenvalue weighted by Crippen LogP contribution is 2.45. The summed E-state index contributed by atoms with van der Waals surface area (Å²) in [6, 6.07) is 60.8. The third-order valence-corrected chi connectivity index (χ3v) is 8.98. The van der Waals surface area contributed by atoms with Gasteiger partial charge in [0.1, 0.15) is 5.82 Å². The number of fused-ring (bicyclic) bond motifs is 4. The van der Waals surface area contributed by atoms with Crippen LogP contribution in [0.3, 0.4) is 0 Å². The molecule has 0 saturated carbocycles. The third-order valence-electron chi connectivity index (χ3n) is 8.98. The molecule has 2 heteroatoms. The standard InChI is InChI=1S/C43H28N2/c1-3-15-30(16-4-1)43-44-39-28-31(26-27-40(39)45(43)32-18-5-2-6-19-32)41-35-21-9-11-23-37(35)42(38-24-12-10-22-36(38)41)34-25-13-17-29-14-7-8-20-33(29)34/h1-28H. The highest BCUT2D eigenvalue weighted by atomic mass is 15.1. The molecule has 0 saturated heterocycles. The molecule has 8 aromatic carbocycles. The predicted molar refractivity (Wildman–Crippen MR) is 190 cm³/mol. The number of rotatable bonds is 4. The van der Waals surface area contributed by atoms with Crippen LogP contribution in [0.15, 0.2) is 170 Å². The number of benzene rings is 8. The van der Waals surface area contributed by atoms with Crippen LogP contribution in [-0.2, 0) is 0 Å². The first-order valence-corrected chi connectivity index (χ1v) is 15.4. The highest BCUT2D eigenvalue weighted by Gasteiger charge is 2.20. The van der Waals surface area contributed by atoms with E-state index in [4.69, 9.17) is 4.98 Å². The van der Waals surface area contributed by atoms with E-state index in [9.17, 15) is 0 Å². The molecule has 0 atom stereocenters. The minimum Gasteiger partial charge on any atom is -0.292 e. The van der Waals surface area contributed by atoms with Crippen LogP contribution >= 0.6 is 0 Å². The van der Waals surface area contributed by atoms with E-state index in [1.165, 1.54) is 49.0 Å². The molecule has 45 heavy (non-hydrogen) atoms. The first-order valence-electron chi connectivity index (χ1n) is 15.4. The van der Waals surface area contributed by atoms with Gasteiger partial charge in [-0.25, -0.2) is 4.98 Å². The van der Waals surface area contributed by atoms with Crippen LogP contribution in [0.1, 0.15) is 0 Å². The van der Waals surface area contributed by atoms with E-state index in [0.717, 1.165) is 33.7 Å². The van der Waals surface area contributed by atoms with E-state index in [1.54, 1.807) is 0 Å². The summed E-state index contributed by atoms with van der Waals surface area (Å²) in [5.74, 6) is 0.940. The predicted octanol–water partition coefficient (Wildman–Crippen LogP) is 11.5. The highest BCUT2D eigenvalue weighted by molar-refractivity contribution is 6.23. The van der Waals surface area contributed by atoms with Crippen molar-refractivity contribution in [1.29, 1.82) is 0 Å². The molecule has 2 nitrogen and oxygen atoms in total. The monoisotopic (exact) mass is 572 g/mol. The van der Waals surface area contributed by atoms with Crippen LogP contribution in [0.25, 0.3) is 82.7 Å². The summed E-state index contributed by atoms with van der Waals surface area (Å²) < 4.78 is 2.27. The molecule has 9 aromatic rings. The summed E-state index contributed by atoms with van der Waals surface area (Å²) in [4.78, 5) is 5.27. The molecular weight excluding hydrogens is 544 g/mol. The third kappa shape index (κ3) is 4.07. The fourth-order valence-corrected chi connectivity index (χ4v) is 7.03. The van der Waals surface area contributed by atoms with E-state index in [0.29, 0.717) is 0 Å². The van der Waals surface area contributed by atoms with Crippen molar-refractivity contribution in [3.8, 4) is 39.3 Å². The largest absolute Gasteiger partial charge is 0.292 e. The molecule has 1 heterocycles. The summed E-state index contributed by atoms with van der Waals surface area (Å²) >= 11 is 0. The molecular formula is C43H28N2. The number of para-hydroxylation sites is 1. The molecule has 0 spiro atoms. The Kier molecular flexibility index (Phi) is 5.85. The van der Waals surface area contributed by atoms with Crippen LogP contribution in [0.2, 0.25) is 0 Å². The summed E-state index contributed by atoms with van der Waals surface area (Å²) in [5.41, 5.74) is 9.20. The van der Waals surface area contributed by atoms with Crippen molar-refractivity contribution in [2.75, 3.05) is 0 Å². The summed E-state index contributed by atoms with van der Waals surface area (Å²) in [5, 5.41) is 7.50. The number of hydrogen-bond acceptors (Lipinski definition) is 1. The average Bonchev–Trinajstić information content (AvgIpc) is 3.50. The molecule has 0 N–H and O–H groups in total. The zero-order chi connectivity index (χ0) is 29.7. The molecule has 0 aliphatic rings. The minimum absolute atomic E-state index is 0.940. The van der Waals surface area contributed by atoms with Gasteiger partial charge in [0.2, 0.25) is 0 Å². The number of imidazole rings is 1. The van der Waals surface area contributed by atoms with Crippen molar-refractivity contribution < 1.29 is 0 Å². The van der Waals surface area contributed by atoms with Gasteiger partial charge in [0.05, 0.1) is 11.0 Å². The number of hydrogen-bond donors (Lipinski definition) is 0. The summed E-state index contributed by atoms with van der Waals surface area (Å²) in [7, 11) is 0. The SMILES string of the molecule is c1ccc(-c2nc3cc(-c4c5ccccc5c(-c5cccc6ccccc56)c5ccccc45)ccc3n2-c2ccccc2)cc1. The fraction of sp³-hybridized carbons (Fsp3) is 0. The Bertz CT molecular complexity index is 2460. The van der Waals surface area contributed by atoms with Gasteiger partial charge in [-0.2, -0.15) is 0 Å². The Morgan fingerprint density at radius 2 is 0.956 bits per heavy atom. The normalized spacial score (nSPS) is 11.6. The lowest BCUT2D eigenvalue weighted by Crippen LogP contribution is -1.97. The van der Waals surface area contributed by atoms with Crippen molar-refractivity contribution in [3.63, 3.8) is 0 Å². The maximum atomic E-state index is 5.27. The van der Waals surface area contributed by atoms with Crippen molar-refractivity contribution in [3.05, 3.63) is 170 Å². The maximum absolute atomic E-state index is 5.27. The van der Waals surface area contributed by atoms with Crippen LogP contribution in [0.5, 0.6) is 0 Å². The second-order valence-electron chi connectivity index (χ2n) is 11.5. The Labute approximate surface area is 261 Å². The lowest BCUT2D eigenvalue weighted by molar-refractivity contribution is 1.10. The van der Waals surface area contributed by atoms with Gasteiger partial charge >= 0.3 is 0 Å². The fourth-order valence-electron chi connectivity index (χ4n) is 7.03. The lowest BCUT2D eigenvalue weighted by atomic mass is 9.84. The zero-order valence-corrected chi connectivity index (χ0v) is 24.6. The van der Waals surface area contributed by atoms with Gasteiger partial charge in [-0.05, 0) is 78.8 Å². The van der Waals surface area contributed by atoms with Gasteiger partial charge in [0, 0.05) is 11.3 Å². The molecule has 0 amide bonds. The Balaban J connectivity index is 1.34. The van der Waals surface area contributed by atoms with Crippen LogP contribution in [0, 0.1) is 0 Å². The number of nitrogens with zero attached hydrogens (tertiary/aromatic N) is 2. The summed E-state index contributed by atoms with van der Waals surface area (Å²) in [6.45, 7) is 0. The average molecular weight is 573 g/mol. The molecule has 1 aromatic heterocycles. The Morgan fingerprint density at radius 1 is 0.400 bits per heavy atom. The van der Waals surface area contributed by atoms with Gasteiger partial charge in [-0.1, -0.05) is 146 Å². The van der Waals surface area contributed by atoms with Crippen molar-refractivity contribution >= 4 is 43.4 Å². The first kappa shape index (κ1) is 25.5. The molecule has 0 aliphatic heterocycles. The maximum Gasteiger partial charge on any atom is 0.145 e. The quantitative estimate of drug-likeness (QED) is 0.192. The van der Waals surface area contributed by atoms with Gasteiger partial charge < -0.3 is 0 Å². The second-order valence-corrected chi connectivity index (χ2v) is 11.5. The molecule has 0 bridgehead atoms. The zero-order valence-electron chi connectivity index (χ0n) is 24.6. The molecule has 0 unspecified atom stereocenters. The van der Waals surface area contributed by atoms with Crippen LogP contribution < -0.4 is 0 Å². The molecule has 0 aliphatic carbocycles. The molecule has 9 rings (SSSR count). The van der Waals surface area contributed by atoms with Crippen molar-refractivity contribution in [1.82, 2.24) is 9.55 Å². The Hall–Kier alpha value is -5.99. The van der Waals surface area contributed by atoms with Crippen molar-refractivity contribution in [2.45, 2.75) is 0 Å². The second kappa shape index (κ2) is 10.3. The lowest BCUT2D eigenvalue weighted by Gasteiger charge is -2.19. The molecule has 210 valence electrons. The van der Waals surface area contributed by atoms with Gasteiger partial charge in [-0.3, -0.25) is 4.57 Å². The van der Waals surface area contributed by atoms with Gasteiger partial charge in [-0.15, -0.1) is 0 Å². The topological polar surface area (TPSA) is 17.8 Å². The minimum atomic E-state index is 0.940. The summed E-state index contributed by atoms with van der Waals surface area (Å²) in [6.07, 6.45) is 0. The first-order chi connectivity index (χ1) is 22.3. The van der Waals surface area contributed by atoms with E-state index in [-0.39, 0.29) is 0 Å². The Morgan fingerprint density at radius 3 is 1.64 bits per heavy atom. The smallest absolute Gasteiger partial charge is 0.145 e. The van der Waals surface area contributed by atoms with E-state index in [2.05, 4.69) is 174 Å². The van der Waals surface area contributed by atoms with Crippen LogP contribution in [-0.4, -0.2) is 9.55 Å².